The van der Waals surface area contributed by atoms with E-state index in [0.29, 0.717) is 13.0 Å². The molecule has 0 saturated carbocycles. The lowest BCUT2D eigenvalue weighted by Crippen LogP contribution is -2.36. The molecule has 0 aliphatic heterocycles. The van der Waals surface area contributed by atoms with Gasteiger partial charge in [0.25, 0.3) is 0 Å². The van der Waals surface area contributed by atoms with Crippen LogP contribution < -0.4 is 15.8 Å². The van der Waals surface area contributed by atoms with Crippen molar-refractivity contribution in [3.8, 4) is 5.75 Å². The Kier molecular flexibility index (Phi) is 7.36. The predicted octanol–water partition coefficient (Wildman–Crippen LogP) is 2.49. The van der Waals surface area contributed by atoms with E-state index in [2.05, 4.69) is 12.2 Å². The molecular formula is C14H22N2O2S. The summed E-state index contributed by atoms with van der Waals surface area (Å²) in [6, 6.07) is 6.91. The predicted molar refractivity (Wildman–Crippen MR) is 81.8 cm³/mol. The first-order valence-electron chi connectivity index (χ1n) is 6.45. The average molecular weight is 282 g/mol. The van der Waals surface area contributed by atoms with Crippen molar-refractivity contribution in [2.75, 3.05) is 23.9 Å². The maximum Gasteiger partial charge on any atom is 0.241 e. The van der Waals surface area contributed by atoms with E-state index in [4.69, 9.17) is 10.5 Å². The molecule has 1 atom stereocenters. The van der Waals surface area contributed by atoms with Crippen molar-refractivity contribution < 1.29 is 9.53 Å². The van der Waals surface area contributed by atoms with Crippen molar-refractivity contribution in [3.05, 3.63) is 24.3 Å². The number of carbonyl (C=O) groups is 1. The monoisotopic (exact) mass is 282 g/mol. The molecule has 1 amide bonds. The minimum atomic E-state index is -0.465. The summed E-state index contributed by atoms with van der Waals surface area (Å²) < 4.78 is 5.52. The van der Waals surface area contributed by atoms with Gasteiger partial charge in [-0.25, -0.2) is 0 Å². The van der Waals surface area contributed by atoms with E-state index >= 15 is 0 Å². The number of nitrogens with two attached hydrogens (primary N) is 1. The fourth-order valence-electron chi connectivity index (χ4n) is 1.49. The van der Waals surface area contributed by atoms with Gasteiger partial charge in [0.1, 0.15) is 5.75 Å². The minimum Gasteiger partial charge on any atom is -0.494 e. The van der Waals surface area contributed by atoms with Crippen molar-refractivity contribution >= 4 is 23.4 Å². The highest BCUT2D eigenvalue weighted by atomic mass is 32.2. The van der Waals surface area contributed by atoms with Crippen LogP contribution in [0.1, 0.15) is 19.8 Å². The number of rotatable bonds is 8. The molecule has 0 unspecified atom stereocenters. The molecule has 0 aliphatic carbocycles. The normalized spacial score (nSPS) is 11.9. The number of hydrogen-bond acceptors (Lipinski definition) is 4. The SMILES string of the molecule is CCCOc1cccc(NC(=O)[C@@H](N)CCSC)c1. The second-order valence-corrected chi connectivity index (χ2v) is 5.24. The summed E-state index contributed by atoms with van der Waals surface area (Å²) in [5, 5.41) is 2.81. The zero-order chi connectivity index (χ0) is 14.1. The molecule has 1 aromatic rings. The molecule has 0 fully saturated rings. The Morgan fingerprint density at radius 3 is 3.00 bits per heavy atom. The van der Waals surface area contributed by atoms with Gasteiger partial charge >= 0.3 is 0 Å². The summed E-state index contributed by atoms with van der Waals surface area (Å²) in [6.45, 7) is 2.72. The number of hydrogen-bond donors (Lipinski definition) is 2. The molecule has 0 heterocycles. The third-order valence-corrected chi connectivity index (χ3v) is 3.19. The van der Waals surface area contributed by atoms with E-state index in [1.807, 2.05) is 30.5 Å². The van der Waals surface area contributed by atoms with E-state index in [1.165, 1.54) is 0 Å². The van der Waals surface area contributed by atoms with Crippen molar-refractivity contribution in [1.29, 1.82) is 0 Å². The topological polar surface area (TPSA) is 64.3 Å². The molecule has 0 bridgehead atoms. The summed E-state index contributed by atoms with van der Waals surface area (Å²) >= 11 is 1.69. The van der Waals surface area contributed by atoms with Crippen LogP contribution in [0.4, 0.5) is 5.69 Å². The second kappa shape index (κ2) is 8.82. The minimum absolute atomic E-state index is 0.151. The number of thioether (sulfide) groups is 1. The molecule has 4 nitrogen and oxygen atoms in total. The maximum atomic E-state index is 11.9. The zero-order valence-corrected chi connectivity index (χ0v) is 12.3. The molecule has 3 N–H and O–H groups in total. The van der Waals surface area contributed by atoms with Gasteiger partial charge in [-0.05, 0) is 37.0 Å². The van der Waals surface area contributed by atoms with Gasteiger partial charge in [-0.1, -0.05) is 13.0 Å². The molecule has 0 radical (unpaired) electrons. The Morgan fingerprint density at radius 1 is 1.53 bits per heavy atom. The van der Waals surface area contributed by atoms with Gasteiger partial charge in [0, 0.05) is 11.8 Å². The molecule has 19 heavy (non-hydrogen) atoms. The number of anilines is 1. The average Bonchev–Trinajstić information content (AvgIpc) is 2.42. The third kappa shape index (κ3) is 5.98. The molecule has 0 saturated heterocycles. The Balaban J connectivity index is 2.53. The third-order valence-electron chi connectivity index (χ3n) is 2.54. The number of carbonyl (C=O) groups excluding carboxylic acids is 1. The summed E-state index contributed by atoms with van der Waals surface area (Å²) in [7, 11) is 0. The van der Waals surface area contributed by atoms with Gasteiger partial charge in [-0.3, -0.25) is 4.79 Å². The van der Waals surface area contributed by atoms with Gasteiger partial charge in [-0.15, -0.1) is 0 Å². The van der Waals surface area contributed by atoms with E-state index in [1.54, 1.807) is 11.8 Å². The highest BCUT2D eigenvalue weighted by Crippen LogP contribution is 2.17. The van der Waals surface area contributed by atoms with E-state index in [0.717, 1.165) is 23.6 Å². The molecule has 5 heteroatoms. The van der Waals surface area contributed by atoms with Gasteiger partial charge in [0.05, 0.1) is 12.6 Å². The Hall–Kier alpha value is -1.20. The first-order chi connectivity index (χ1) is 9.17. The molecular weight excluding hydrogens is 260 g/mol. The van der Waals surface area contributed by atoms with Gasteiger partial charge < -0.3 is 15.8 Å². The number of benzene rings is 1. The van der Waals surface area contributed by atoms with E-state index < -0.39 is 6.04 Å². The van der Waals surface area contributed by atoms with Crippen molar-refractivity contribution in [2.45, 2.75) is 25.8 Å². The number of ether oxygens (including phenoxy) is 1. The van der Waals surface area contributed by atoms with Crippen LogP contribution in [0.15, 0.2) is 24.3 Å². The van der Waals surface area contributed by atoms with Crippen LogP contribution >= 0.6 is 11.8 Å². The first-order valence-corrected chi connectivity index (χ1v) is 7.85. The standard InChI is InChI=1S/C14H22N2O2S/c1-3-8-18-12-6-4-5-11(10-12)16-14(17)13(15)7-9-19-2/h4-6,10,13H,3,7-9,15H2,1-2H3,(H,16,17)/t13-/m0/s1. The van der Waals surface area contributed by atoms with Gasteiger partial charge in [-0.2, -0.15) is 11.8 Å². The van der Waals surface area contributed by atoms with Crippen molar-refractivity contribution in [2.24, 2.45) is 5.73 Å². The van der Waals surface area contributed by atoms with Crippen molar-refractivity contribution in [1.82, 2.24) is 0 Å². The van der Waals surface area contributed by atoms with Crippen LogP contribution in [-0.2, 0) is 4.79 Å². The molecule has 0 aliphatic rings. The Bertz CT molecular complexity index is 399. The highest BCUT2D eigenvalue weighted by Gasteiger charge is 2.13. The molecule has 1 aromatic carbocycles. The maximum absolute atomic E-state index is 11.9. The Morgan fingerprint density at radius 2 is 2.32 bits per heavy atom. The van der Waals surface area contributed by atoms with Gasteiger partial charge in [0.2, 0.25) is 5.91 Å². The number of amides is 1. The summed E-state index contributed by atoms with van der Waals surface area (Å²) in [5.74, 6) is 1.49. The van der Waals surface area contributed by atoms with Gasteiger partial charge in [0.15, 0.2) is 0 Å². The Labute approximate surface area is 119 Å². The number of nitrogens with one attached hydrogen (secondary N) is 1. The zero-order valence-electron chi connectivity index (χ0n) is 11.5. The van der Waals surface area contributed by atoms with E-state index in [9.17, 15) is 4.79 Å². The largest absolute Gasteiger partial charge is 0.494 e. The van der Waals surface area contributed by atoms with Crippen LogP contribution in [0.25, 0.3) is 0 Å². The lowest BCUT2D eigenvalue weighted by molar-refractivity contribution is -0.117. The molecule has 106 valence electrons. The summed E-state index contributed by atoms with van der Waals surface area (Å²) in [6.07, 6.45) is 3.63. The smallest absolute Gasteiger partial charge is 0.241 e. The van der Waals surface area contributed by atoms with Crippen LogP contribution in [0.3, 0.4) is 0 Å². The fourth-order valence-corrected chi connectivity index (χ4v) is 1.98. The van der Waals surface area contributed by atoms with Crippen molar-refractivity contribution in [3.63, 3.8) is 0 Å². The fraction of sp³-hybridized carbons (Fsp3) is 0.500. The van der Waals surface area contributed by atoms with Crippen LogP contribution in [0.2, 0.25) is 0 Å². The second-order valence-electron chi connectivity index (χ2n) is 4.25. The quantitative estimate of drug-likeness (QED) is 0.769. The summed E-state index contributed by atoms with van der Waals surface area (Å²) in [5.41, 5.74) is 6.53. The molecule has 1 rings (SSSR count). The highest BCUT2D eigenvalue weighted by molar-refractivity contribution is 7.98. The molecule has 0 aromatic heterocycles. The molecule has 0 spiro atoms. The summed E-state index contributed by atoms with van der Waals surface area (Å²) in [4.78, 5) is 11.9. The van der Waals surface area contributed by atoms with Crippen LogP contribution in [-0.4, -0.2) is 30.6 Å². The van der Waals surface area contributed by atoms with E-state index in [-0.39, 0.29) is 5.91 Å². The van der Waals surface area contributed by atoms with Crippen LogP contribution in [0.5, 0.6) is 5.75 Å². The van der Waals surface area contributed by atoms with Crippen LogP contribution in [0, 0.1) is 0 Å². The lowest BCUT2D eigenvalue weighted by atomic mass is 10.2. The first kappa shape index (κ1) is 15.9. The lowest BCUT2D eigenvalue weighted by Gasteiger charge is -2.12.